The predicted octanol–water partition coefficient (Wildman–Crippen LogP) is 2.95. The number of nitrogens with one attached hydrogen (secondary N) is 2. The maximum Gasteiger partial charge on any atom is 0.255 e. The van der Waals surface area contributed by atoms with Crippen LogP contribution in [0.2, 0.25) is 0 Å². The minimum atomic E-state index is -0.400. The number of anilines is 1. The smallest absolute Gasteiger partial charge is 0.255 e. The van der Waals surface area contributed by atoms with Gasteiger partial charge in [0, 0.05) is 11.9 Å². The van der Waals surface area contributed by atoms with Gasteiger partial charge in [-0.1, -0.05) is 23.9 Å². The average molecular weight is 461 g/mol. The van der Waals surface area contributed by atoms with E-state index in [-0.39, 0.29) is 18.4 Å². The van der Waals surface area contributed by atoms with E-state index in [1.165, 1.54) is 30.2 Å². The van der Waals surface area contributed by atoms with E-state index in [1.54, 1.807) is 42.8 Å². The molecule has 0 saturated heterocycles. The summed E-state index contributed by atoms with van der Waals surface area (Å²) < 4.78 is 6.98. The van der Waals surface area contributed by atoms with Crippen LogP contribution in [-0.2, 0) is 18.4 Å². The molecule has 2 N–H and O–H groups in total. The van der Waals surface area contributed by atoms with Crippen molar-refractivity contribution in [3.63, 3.8) is 0 Å². The van der Waals surface area contributed by atoms with Gasteiger partial charge in [0.15, 0.2) is 16.1 Å². The van der Waals surface area contributed by atoms with Crippen LogP contribution in [-0.4, -0.2) is 43.9 Å². The van der Waals surface area contributed by atoms with Crippen molar-refractivity contribution >= 4 is 40.0 Å². The van der Waals surface area contributed by atoms with Crippen LogP contribution >= 0.6 is 23.1 Å². The molecule has 164 valence electrons. The largest absolute Gasteiger partial charge is 0.496 e. The molecule has 0 radical (unpaired) electrons. The number of methoxy groups -OCH3 is 1. The Bertz CT molecular complexity index is 1080. The number of aryl methyl sites for hydroxylation is 2. The van der Waals surface area contributed by atoms with Gasteiger partial charge in [0.25, 0.3) is 5.91 Å². The van der Waals surface area contributed by atoms with Gasteiger partial charge in [-0.3, -0.25) is 9.59 Å². The minimum Gasteiger partial charge on any atom is -0.496 e. The van der Waals surface area contributed by atoms with Crippen molar-refractivity contribution in [3.8, 4) is 5.75 Å². The maximum absolute atomic E-state index is 12.5. The number of thiazole rings is 1. The Morgan fingerprint density at radius 1 is 1.26 bits per heavy atom. The van der Waals surface area contributed by atoms with E-state index in [9.17, 15) is 9.59 Å². The third kappa shape index (κ3) is 5.42. The van der Waals surface area contributed by atoms with Crippen LogP contribution < -0.4 is 15.4 Å². The molecule has 2 aromatic heterocycles. The molecule has 2 amide bonds. The molecule has 0 fully saturated rings. The standard InChI is InChI=1S/C20H24N6O3S2/c1-11-12(2)30-19(22-11)23-17(27)13(3)31-20-25-24-16(26(20)4)10-21-18(28)14-8-6-7-9-15(14)29-5/h6-9,13H,10H2,1-5H3,(H,21,28)(H,22,23,27). The number of hydrogen-bond acceptors (Lipinski definition) is 8. The molecule has 0 saturated carbocycles. The highest BCUT2D eigenvalue weighted by Gasteiger charge is 2.20. The zero-order valence-electron chi connectivity index (χ0n) is 17.9. The lowest BCUT2D eigenvalue weighted by molar-refractivity contribution is -0.115. The monoisotopic (exact) mass is 460 g/mol. The highest BCUT2D eigenvalue weighted by atomic mass is 32.2. The number of ether oxygens (including phenoxy) is 1. The summed E-state index contributed by atoms with van der Waals surface area (Å²) in [4.78, 5) is 30.4. The molecule has 11 heteroatoms. The van der Waals surface area contributed by atoms with E-state index in [0.29, 0.717) is 27.4 Å². The molecule has 0 aliphatic carbocycles. The number of para-hydroxylation sites is 1. The van der Waals surface area contributed by atoms with Crippen LogP contribution in [0.3, 0.4) is 0 Å². The van der Waals surface area contributed by atoms with Crippen LogP contribution in [0.4, 0.5) is 5.13 Å². The Hall–Kier alpha value is -2.92. The fraction of sp³-hybridized carbons (Fsp3) is 0.350. The molecule has 9 nitrogen and oxygen atoms in total. The summed E-state index contributed by atoms with van der Waals surface area (Å²) in [6.45, 7) is 5.87. The summed E-state index contributed by atoms with van der Waals surface area (Å²) in [6, 6.07) is 7.00. The summed E-state index contributed by atoms with van der Waals surface area (Å²) in [6.07, 6.45) is 0. The Morgan fingerprint density at radius 3 is 2.68 bits per heavy atom. The number of aromatic nitrogens is 4. The van der Waals surface area contributed by atoms with E-state index in [1.807, 2.05) is 13.8 Å². The van der Waals surface area contributed by atoms with Crippen molar-refractivity contribution in [2.24, 2.45) is 7.05 Å². The first-order valence-corrected chi connectivity index (χ1v) is 11.2. The van der Waals surface area contributed by atoms with Gasteiger partial charge in [0.05, 0.1) is 30.2 Å². The van der Waals surface area contributed by atoms with Gasteiger partial charge in [0.1, 0.15) is 5.75 Å². The molecule has 31 heavy (non-hydrogen) atoms. The third-order valence-corrected chi connectivity index (χ3v) is 6.72. The van der Waals surface area contributed by atoms with E-state index in [2.05, 4.69) is 25.8 Å². The Kier molecular flexibility index (Phi) is 7.29. The highest BCUT2D eigenvalue weighted by Crippen LogP contribution is 2.25. The van der Waals surface area contributed by atoms with Crippen molar-refractivity contribution in [1.29, 1.82) is 0 Å². The number of benzene rings is 1. The topological polar surface area (TPSA) is 111 Å². The van der Waals surface area contributed by atoms with Crippen LogP contribution in [0.15, 0.2) is 29.4 Å². The molecule has 0 aliphatic heterocycles. The minimum absolute atomic E-state index is 0.159. The van der Waals surface area contributed by atoms with Crippen LogP contribution in [0.25, 0.3) is 0 Å². The Balaban J connectivity index is 1.59. The zero-order valence-corrected chi connectivity index (χ0v) is 19.6. The van der Waals surface area contributed by atoms with E-state index in [4.69, 9.17) is 4.74 Å². The first-order valence-electron chi connectivity index (χ1n) is 9.51. The van der Waals surface area contributed by atoms with Crippen molar-refractivity contribution in [1.82, 2.24) is 25.1 Å². The number of rotatable bonds is 8. The predicted molar refractivity (Wildman–Crippen MR) is 121 cm³/mol. The molecular weight excluding hydrogens is 436 g/mol. The number of amides is 2. The summed E-state index contributed by atoms with van der Waals surface area (Å²) in [5.74, 6) is 0.647. The lowest BCUT2D eigenvalue weighted by Crippen LogP contribution is -2.25. The summed E-state index contributed by atoms with van der Waals surface area (Å²) in [5.41, 5.74) is 1.36. The van der Waals surface area contributed by atoms with Crippen LogP contribution in [0, 0.1) is 13.8 Å². The average Bonchev–Trinajstić information content (AvgIpc) is 3.26. The van der Waals surface area contributed by atoms with Crippen molar-refractivity contribution < 1.29 is 14.3 Å². The number of hydrogen-bond donors (Lipinski definition) is 2. The summed E-state index contributed by atoms with van der Waals surface area (Å²) >= 11 is 2.74. The summed E-state index contributed by atoms with van der Waals surface area (Å²) in [7, 11) is 3.32. The normalized spacial score (nSPS) is 11.8. The fourth-order valence-electron chi connectivity index (χ4n) is 2.63. The van der Waals surface area contributed by atoms with E-state index >= 15 is 0 Å². The van der Waals surface area contributed by atoms with Gasteiger partial charge in [-0.25, -0.2) is 4.98 Å². The number of carbonyl (C=O) groups excluding carboxylic acids is 2. The number of carbonyl (C=O) groups is 2. The van der Waals surface area contributed by atoms with Gasteiger partial charge < -0.3 is 19.9 Å². The lowest BCUT2D eigenvalue weighted by Gasteiger charge is -2.11. The van der Waals surface area contributed by atoms with Gasteiger partial charge in [-0.05, 0) is 32.9 Å². The second kappa shape index (κ2) is 9.92. The molecule has 0 bridgehead atoms. The van der Waals surface area contributed by atoms with Crippen molar-refractivity contribution in [3.05, 3.63) is 46.2 Å². The third-order valence-electron chi connectivity index (χ3n) is 4.59. The van der Waals surface area contributed by atoms with Crippen LogP contribution in [0.1, 0.15) is 33.7 Å². The maximum atomic E-state index is 12.5. The molecule has 3 rings (SSSR count). The molecule has 2 heterocycles. The van der Waals surface area contributed by atoms with E-state index in [0.717, 1.165) is 10.6 Å². The molecule has 1 atom stereocenters. The quantitative estimate of drug-likeness (QED) is 0.497. The second-order valence-corrected chi connectivity index (χ2v) is 9.26. The first-order chi connectivity index (χ1) is 14.8. The van der Waals surface area contributed by atoms with E-state index < -0.39 is 5.25 Å². The molecule has 3 aromatic rings. The van der Waals surface area contributed by atoms with Gasteiger partial charge in [-0.2, -0.15) is 0 Å². The zero-order chi connectivity index (χ0) is 22.5. The molecule has 0 aliphatic rings. The van der Waals surface area contributed by atoms with Gasteiger partial charge >= 0.3 is 0 Å². The number of nitrogens with zero attached hydrogens (tertiary/aromatic N) is 4. The van der Waals surface area contributed by atoms with Crippen molar-refractivity contribution in [2.75, 3.05) is 12.4 Å². The van der Waals surface area contributed by atoms with Gasteiger partial charge in [0.2, 0.25) is 5.91 Å². The fourth-order valence-corrected chi connectivity index (χ4v) is 4.28. The number of thioether (sulfide) groups is 1. The lowest BCUT2D eigenvalue weighted by atomic mass is 10.2. The van der Waals surface area contributed by atoms with Gasteiger partial charge in [-0.15, -0.1) is 21.5 Å². The highest BCUT2D eigenvalue weighted by molar-refractivity contribution is 8.00. The van der Waals surface area contributed by atoms with Crippen molar-refractivity contribution in [2.45, 2.75) is 37.7 Å². The second-order valence-electron chi connectivity index (χ2n) is 6.75. The molecule has 0 spiro atoms. The van der Waals surface area contributed by atoms with Crippen LogP contribution in [0.5, 0.6) is 5.75 Å². The SMILES string of the molecule is COc1ccccc1C(=O)NCc1nnc(SC(C)C(=O)Nc2nc(C)c(C)s2)n1C. The molecule has 1 unspecified atom stereocenters. The Labute approximate surface area is 188 Å². The molecule has 1 aromatic carbocycles. The Morgan fingerprint density at radius 2 is 2.00 bits per heavy atom. The molecular formula is C20H24N6O3S2. The summed E-state index contributed by atoms with van der Waals surface area (Å²) in [5, 5.41) is 14.7. The first kappa shape index (κ1) is 22.8.